The normalized spacial score (nSPS) is 18.9. The zero-order valence-electron chi connectivity index (χ0n) is 10.4. The van der Waals surface area contributed by atoms with Gasteiger partial charge in [-0.3, -0.25) is 0 Å². The topological polar surface area (TPSA) is 62.1 Å². The summed E-state index contributed by atoms with van der Waals surface area (Å²) in [6, 6.07) is 4.02. The van der Waals surface area contributed by atoms with Crippen LogP contribution >= 0.6 is 24.0 Å². The van der Waals surface area contributed by atoms with Gasteiger partial charge in [0.2, 0.25) is 0 Å². The summed E-state index contributed by atoms with van der Waals surface area (Å²) in [5.74, 6) is -0.730. The van der Waals surface area contributed by atoms with Gasteiger partial charge in [0.15, 0.2) is 0 Å². The maximum absolute atomic E-state index is 12.0. The second-order valence-electron chi connectivity index (χ2n) is 4.04. The average Bonchev–Trinajstić information content (AvgIpc) is 2.93. The Morgan fingerprint density at radius 3 is 2.89 bits per heavy atom. The zero-order valence-corrected chi connectivity index (χ0v) is 12.1. The Morgan fingerprint density at radius 2 is 2.37 bits per heavy atom. The molecule has 19 heavy (non-hydrogen) atoms. The number of esters is 1. The lowest BCUT2D eigenvalue weighted by molar-refractivity contribution is -0.136. The van der Waals surface area contributed by atoms with Crippen LogP contribution in [0.2, 0.25) is 0 Å². The minimum Gasteiger partial charge on any atom is -0.466 e. The fourth-order valence-corrected chi connectivity index (χ4v) is 3.10. The smallest absolute Gasteiger partial charge is 0.337 e. The van der Waals surface area contributed by atoms with E-state index in [0.717, 1.165) is 11.1 Å². The molecule has 0 amide bonds. The number of hydrogen-bond acceptors (Lipinski definition) is 6. The molecule has 1 unspecified atom stereocenters. The van der Waals surface area contributed by atoms with E-state index in [1.165, 1.54) is 7.11 Å². The van der Waals surface area contributed by atoms with Crippen LogP contribution in [0.4, 0.5) is 0 Å². The van der Waals surface area contributed by atoms with Gasteiger partial charge < -0.3 is 10.1 Å². The minimum atomic E-state index is -0.440. The summed E-state index contributed by atoms with van der Waals surface area (Å²) in [7, 11) is 1.33. The standard InChI is InChI=1S/C13H12N2O2S2/c1-7-9(5-14)15-12(18)11(13(16)17-2)10(7)8-3-4-19-6-8/h3-4,6,10,15,18H,1-2H3. The molecular formula is C13H12N2O2S2. The molecule has 2 rings (SSSR count). The number of ether oxygens (including phenoxy) is 1. The van der Waals surface area contributed by atoms with Crippen LogP contribution < -0.4 is 5.32 Å². The predicted molar refractivity (Wildman–Crippen MR) is 76.5 cm³/mol. The molecule has 1 atom stereocenters. The Kier molecular flexibility index (Phi) is 3.98. The third kappa shape index (κ3) is 2.39. The highest BCUT2D eigenvalue weighted by Crippen LogP contribution is 2.39. The fourth-order valence-electron chi connectivity index (χ4n) is 2.08. The number of nitriles is 1. The number of allylic oxidation sites excluding steroid dienone is 2. The van der Waals surface area contributed by atoms with Crippen LogP contribution in [-0.2, 0) is 9.53 Å². The Balaban J connectivity index is 2.59. The largest absolute Gasteiger partial charge is 0.466 e. The molecule has 2 heterocycles. The maximum Gasteiger partial charge on any atom is 0.337 e. The number of dihydropyridines is 1. The van der Waals surface area contributed by atoms with Gasteiger partial charge in [0.05, 0.1) is 17.7 Å². The van der Waals surface area contributed by atoms with Crippen LogP contribution in [0.15, 0.2) is 38.7 Å². The van der Waals surface area contributed by atoms with Crippen LogP contribution in [0.3, 0.4) is 0 Å². The monoisotopic (exact) mass is 292 g/mol. The Bertz CT molecular complexity index is 609. The summed E-state index contributed by atoms with van der Waals surface area (Å²) in [4.78, 5) is 12.0. The molecule has 1 aliphatic heterocycles. The number of thiophene rings is 1. The molecule has 0 aliphatic carbocycles. The van der Waals surface area contributed by atoms with Crippen molar-refractivity contribution in [3.63, 3.8) is 0 Å². The van der Waals surface area contributed by atoms with Crippen LogP contribution in [0.5, 0.6) is 0 Å². The molecule has 0 aromatic carbocycles. The first-order valence-electron chi connectivity index (χ1n) is 5.51. The second kappa shape index (κ2) is 5.51. The molecule has 1 aromatic heterocycles. The molecule has 0 radical (unpaired) electrons. The lowest BCUT2D eigenvalue weighted by atomic mass is 9.84. The molecule has 0 saturated carbocycles. The number of methoxy groups -OCH3 is 1. The summed E-state index contributed by atoms with van der Waals surface area (Å²) in [6.45, 7) is 1.83. The van der Waals surface area contributed by atoms with Crippen molar-refractivity contribution in [2.75, 3.05) is 7.11 Å². The third-order valence-corrected chi connectivity index (χ3v) is 4.06. The zero-order chi connectivity index (χ0) is 14.0. The van der Waals surface area contributed by atoms with Gasteiger partial charge in [-0.05, 0) is 34.9 Å². The highest BCUT2D eigenvalue weighted by molar-refractivity contribution is 7.84. The van der Waals surface area contributed by atoms with Gasteiger partial charge in [0, 0.05) is 5.92 Å². The van der Waals surface area contributed by atoms with E-state index in [4.69, 9.17) is 10.00 Å². The van der Waals surface area contributed by atoms with E-state index in [1.54, 1.807) is 11.3 Å². The molecule has 4 nitrogen and oxygen atoms in total. The summed E-state index contributed by atoms with van der Waals surface area (Å²) < 4.78 is 4.82. The van der Waals surface area contributed by atoms with Gasteiger partial charge in [-0.15, -0.1) is 12.6 Å². The quantitative estimate of drug-likeness (QED) is 0.649. The Labute approximate surface area is 120 Å². The number of nitrogens with zero attached hydrogens (tertiary/aromatic N) is 1. The molecule has 1 N–H and O–H groups in total. The molecule has 0 bridgehead atoms. The fraction of sp³-hybridized carbons (Fsp3) is 0.231. The van der Waals surface area contributed by atoms with Crippen molar-refractivity contribution in [3.05, 3.63) is 44.3 Å². The van der Waals surface area contributed by atoms with Crippen molar-refractivity contribution in [1.29, 1.82) is 5.26 Å². The number of carbonyl (C=O) groups is 1. The van der Waals surface area contributed by atoms with E-state index in [1.807, 2.05) is 23.8 Å². The highest BCUT2D eigenvalue weighted by Gasteiger charge is 2.33. The van der Waals surface area contributed by atoms with Crippen molar-refractivity contribution < 1.29 is 9.53 Å². The molecule has 1 aromatic rings. The summed E-state index contributed by atoms with van der Waals surface area (Å²) >= 11 is 5.82. The van der Waals surface area contributed by atoms with Gasteiger partial charge in [-0.25, -0.2) is 4.79 Å². The van der Waals surface area contributed by atoms with Crippen molar-refractivity contribution in [1.82, 2.24) is 5.32 Å². The first-order valence-corrected chi connectivity index (χ1v) is 6.90. The highest BCUT2D eigenvalue weighted by atomic mass is 32.1. The van der Waals surface area contributed by atoms with Gasteiger partial charge in [-0.1, -0.05) is 0 Å². The molecular weight excluding hydrogens is 280 g/mol. The number of nitrogens with one attached hydrogen (secondary N) is 1. The molecule has 1 aliphatic rings. The molecule has 0 fully saturated rings. The third-order valence-electron chi connectivity index (χ3n) is 3.01. The van der Waals surface area contributed by atoms with Crippen LogP contribution in [-0.4, -0.2) is 13.1 Å². The predicted octanol–water partition coefficient (Wildman–Crippen LogP) is 2.55. The van der Waals surface area contributed by atoms with Crippen LogP contribution in [0, 0.1) is 11.3 Å². The number of thiol groups is 1. The van der Waals surface area contributed by atoms with Crippen molar-refractivity contribution in [2.24, 2.45) is 0 Å². The Hall–Kier alpha value is -1.71. The van der Waals surface area contributed by atoms with E-state index in [9.17, 15) is 4.79 Å². The van der Waals surface area contributed by atoms with Crippen molar-refractivity contribution in [2.45, 2.75) is 12.8 Å². The van der Waals surface area contributed by atoms with E-state index < -0.39 is 5.97 Å². The van der Waals surface area contributed by atoms with Gasteiger partial charge in [0.25, 0.3) is 0 Å². The van der Waals surface area contributed by atoms with E-state index in [-0.39, 0.29) is 5.92 Å². The SMILES string of the molecule is COC(=O)C1=C(S)NC(C#N)=C(C)C1c1ccsc1. The van der Waals surface area contributed by atoms with Crippen molar-refractivity contribution >= 4 is 29.9 Å². The lowest BCUT2D eigenvalue weighted by Crippen LogP contribution is -2.27. The van der Waals surface area contributed by atoms with E-state index >= 15 is 0 Å². The summed E-state index contributed by atoms with van der Waals surface area (Å²) in [6.07, 6.45) is 0. The molecule has 0 spiro atoms. The van der Waals surface area contributed by atoms with Gasteiger partial charge >= 0.3 is 5.97 Å². The molecule has 6 heteroatoms. The van der Waals surface area contributed by atoms with Crippen LogP contribution in [0.1, 0.15) is 18.4 Å². The van der Waals surface area contributed by atoms with Gasteiger partial charge in [0.1, 0.15) is 11.8 Å². The lowest BCUT2D eigenvalue weighted by Gasteiger charge is -2.27. The Morgan fingerprint density at radius 1 is 1.63 bits per heavy atom. The number of hydrogen-bond donors (Lipinski definition) is 2. The maximum atomic E-state index is 12.0. The van der Waals surface area contributed by atoms with Gasteiger partial charge in [-0.2, -0.15) is 16.6 Å². The van der Waals surface area contributed by atoms with E-state index in [2.05, 4.69) is 24.0 Å². The second-order valence-corrected chi connectivity index (χ2v) is 5.27. The first kappa shape index (κ1) is 13.7. The van der Waals surface area contributed by atoms with Crippen LogP contribution in [0.25, 0.3) is 0 Å². The van der Waals surface area contributed by atoms with E-state index in [0.29, 0.717) is 16.3 Å². The summed E-state index contributed by atoms with van der Waals surface area (Å²) in [5.41, 5.74) is 2.61. The summed E-state index contributed by atoms with van der Waals surface area (Å²) in [5, 5.41) is 16.2. The average molecular weight is 292 g/mol. The number of carbonyl (C=O) groups excluding carboxylic acids is 1. The minimum absolute atomic E-state index is 0.290. The number of rotatable bonds is 2. The van der Waals surface area contributed by atoms with Crippen molar-refractivity contribution in [3.8, 4) is 6.07 Å². The molecule has 98 valence electrons. The molecule has 0 saturated heterocycles. The first-order chi connectivity index (χ1) is 9.10.